The molecule has 0 bridgehead atoms. The van der Waals surface area contributed by atoms with Gasteiger partial charge in [0.15, 0.2) is 3.92 Å². The van der Waals surface area contributed by atoms with E-state index in [1.165, 1.54) is 17.6 Å². The summed E-state index contributed by atoms with van der Waals surface area (Å²) in [7, 11) is 0. The van der Waals surface area contributed by atoms with Crippen molar-refractivity contribution in [2.24, 2.45) is 5.16 Å². The van der Waals surface area contributed by atoms with Gasteiger partial charge in [-0.25, -0.2) is 4.98 Å². The Morgan fingerprint density at radius 2 is 2.67 bits per heavy atom. The molecule has 0 saturated carbocycles. The van der Waals surface area contributed by atoms with Gasteiger partial charge in [-0.2, -0.15) is 0 Å². The van der Waals surface area contributed by atoms with E-state index >= 15 is 0 Å². The lowest BCUT2D eigenvalue weighted by Gasteiger charge is -1.74. The van der Waals surface area contributed by atoms with Crippen molar-refractivity contribution in [1.29, 1.82) is 0 Å². The van der Waals surface area contributed by atoms with Gasteiger partial charge in [0.2, 0.25) is 0 Å². The minimum absolute atomic E-state index is 0.661. The zero-order valence-corrected chi connectivity index (χ0v) is 6.69. The highest BCUT2D eigenvalue weighted by molar-refractivity contribution is 9.11. The van der Waals surface area contributed by atoms with E-state index in [0.29, 0.717) is 5.69 Å². The first-order chi connectivity index (χ1) is 4.33. The van der Waals surface area contributed by atoms with Gasteiger partial charge < -0.3 is 5.21 Å². The molecule has 1 aromatic rings. The first kappa shape index (κ1) is 6.70. The molecule has 0 aliphatic carbocycles. The van der Waals surface area contributed by atoms with Gasteiger partial charge in [0, 0.05) is 5.38 Å². The monoisotopic (exact) mass is 206 g/mol. The zero-order chi connectivity index (χ0) is 6.69. The molecule has 0 unspecified atom stereocenters. The number of hydrogen-bond acceptors (Lipinski definition) is 4. The molecule has 0 spiro atoms. The topological polar surface area (TPSA) is 45.5 Å². The third-order valence-electron chi connectivity index (χ3n) is 0.684. The maximum Gasteiger partial charge on any atom is 0.159 e. The number of rotatable bonds is 1. The molecule has 1 heterocycles. The quantitative estimate of drug-likeness (QED) is 0.432. The Balaban J connectivity index is 2.85. The van der Waals surface area contributed by atoms with E-state index in [1.54, 1.807) is 5.38 Å². The summed E-state index contributed by atoms with van der Waals surface area (Å²) in [4.78, 5) is 3.93. The van der Waals surface area contributed by atoms with Crippen molar-refractivity contribution < 1.29 is 5.21 Å². The molecule has 48 valence electrons. The molecular weight excluding hydrogens is 204 g/mol. The van der Waals surface area contributed by atoms with Crippen LogP contribution in [-0.2, 0) is 0 Å². The standard InChI is InChI=1S/C4H3BrN2OS/c5-4-7-3(1-6-8)2-9-4/h1-2,8H/b6-1-. The summed E-state index contributed by atoms with van der Waals surface area (Å²) in [6, 6.07) is 0. The second-order valence-corrected chi connectivity index (χ2v) is 3.40. The van der Waals surface area contributed by atoms with Crippen LogP contribution in [0.25, 0.3) is 0 Å². The van der Waals surface area contributed by atoms with E-state index in [-0.39, 0.29) is 0 Å². The van der Waals surface area contributed by atoms with Crippen molar-refractivity contribution in [2.45, 2.75) is 0 Å². The largest absolute Gasteiger partial charge is 0.411 e. The fraction of sp³-hybridized carbons (Fsp3) is 0. The SMILES string of the molecule is O/N=C\c1csc(Br)n1. The lowest BCUT2D eigenvalue weighted by molar-refractivity contribution is 0.321. The normalized spacial score (nSPS) is 10.8. The van der Waals surface area contributed by atoms with Crippen LogP contribution in [0.15, 0.2) is 14.5 Å². The molecular formula is C4H3BrN2OS. The van der Waals surface area contributed by atoms with Crippen molar-refractivity contribution in [1.82, 2.24) is 4.98 Å². The van der Waals surface area contributed by atoms with Gasteiger partial charge in [-0.15, -0.1) is 11.3 Å². The summed E-state index contributed by atoms with van der Waals surface area (Å²) in [6.07, 6.45) is 1.28. The molecule has 0 aromatic carbocycles. The summed E-state index contributed by atoms with van der Waals surface area (Å²) in [6.45, 7) is 0. The molecule has 3 nitrogen and oxygen atoms in total. The second-order valence-electron chi connectivity index (χ2n) is 1.27. The van der Waals surface area contributed by atoms with Gasteiger partial charge in [0.05, 0.1) is 11.9 Å². The molecule has 1 rings (SSSR count). The van der Waals surface area contributed by atoms with Gasteiger partial charge >= 0.3 is 0 Å². The number of hydrogen-bond donors (Lipinski definition) is 1. The molecule has 1 N–H and O–H groups in total. The minimum atomic E-state index is 0.661. The van der Waals surface area contributed by atoms with Gasteiger partial charge in [0.25, 0.3) is 0 Å². The van der Waals surface area contributed by atoms with Crippen LogP contribution in [0, 0.1) is 0 Å². The molecule has 0 atom stereocenters. The Morgan fingerprint density at radius 1 is 1.89 bits per heavy atom. The van der Waals surface area contributed by atoms with E-state index < -0.39 is 0 Å². The Kier molecular flexibility index (Phi) is 2.18. The zero-order valence-electron chi connectivity index (χ0n) is 4.28. The molecule has 0 amide bonds. The van der Waals surface area contributed by atoms with Crippen LogP contribution >= 0.6 is 27.3 Å². The number of halogens is 1. The van der Waals surface area contributed by atoms with Crippen molar-refractivity contribution in [2.75, 3.05) is 0 Å². The van der Waals surface area contributed by atoms with Gasteiger partial charge in [-0.1, -0.05) is 5.16 Å². The Hall–Kier alpha value is -0.420. The summed E-state index contributed by atoms with van der Waals surface area (Å²) in [5, 5.41) is 12.6. The van der Waals surface area contributed by atoms with Crippen LogP contribution in [-0.4, -0.2) is 16.4 Å². The lowest BCUT2D eigenvalue weighted by Crippen LogP contribution is -1.77. The van der Waals surface area contributed by atoms with Gasteiger partial charge in [-0.3, -0.25) is 0 Å². The third-order valence-corrected chi connectivity index (χ3v) is 2.07. The fourth-order valence-electron chi connectivity index (χ4n) is 0.382. The highest BCUT2D eigenvalue weighted by Crippen LogP contribution is 2.14. The predicted molar refractivity (Wildman–Crippen MR) is 39.2 cm³/mol. The van der Waals surface area contributed by atoms with Crippen molar-refractivity contribution >= 4 is 33.5 Å². The van der Waals surface area contributed by atoms with Crippen molar-refractivity contribution in [3.63, 3.8) is 0 Å². The summed E-state index contributed by atoms with van der Waals surface area (Å²) in [5.41, 5.74) is 0.661. The Labute approximate surface area is 64.2 Å². The summed E-state index contributed by atoms with van der Waals surface area (Å²) < 4.78 is 0.789. The molecule has 1 aromatic heterocycles. The summed E-state index contributed by atoms with van der Waals surface area (Å²) in [5.74, 6) is 0. The molecule has 0 radical (unpaired) electrons. The molecule has 5 heteroatoms. The van der Waals surface area contributed by atoms with E-state index in [9.17, 15) is 0 Å². The van der Waals surface area contributed by atoms with Gasteiger partial charge in [-0.05, 0) is 15.9 Å². The van der Waals surface area contributed by atoms with E-state index in [0.717, 1.165) is 3.92 Å². The fourth-order valence-corrected chi connectivity index (χ4v) is 1.36. The molecule has 0 aliphatic heterocycles. The first-order valence-corrected chi connectivity index (χ1v) is 3.78. The highest BCUT2D eigenvalue weighted by Gasteiger charge is 1.92. The lowest BCUT2D eigenvalue weighted by atomic mass is 10.6. The first-order valence-electron chi connectivity index (χ1n) is 2.11. The van der Waals surface area contributed by atoms with Crippen LogP contribution in [0.4, 0.5) is 0 Å². The van der Waals surface area contributed by atoms with Gasteiger partial charge in [0.1, 0.15) is 0 Å². The molecule has 0 aliphatic rings. The van der Waals surface area contributed by atoms with Crippen LogP contribution < -0.4 is 0 Å². The average molecular weight is 207 g/mol. The molecule has 9 heavy (non-hydrogen) atoms. The van der Waals surface area contributed by atoms with E-state index in [4.69, 9.17) is 5.21 Å². The smallest absolute Gasteiger partial charge is 0.159 e. The van der Waals surface area contributed by atoms with E-state index in [2.05, 4.69) is 26.1 Å². The predicted octanol–water partition coefficient (Wildman–Crippen LogP) is 1.71. The third kappa shape index (κ3) is 1.76. The van der Waals surface area contributed by atoms with Crippen LogP contribution in [0.1, 0.15) is 5.69 Å². The second kappa shape index (κ2) is 2.93. The van der Waals surface area contributed by atoms with Crippen LogP contribution in [0.5, 0.6) is 0 Å². The van der Waals surface area contributed by atoms with Crippen LogP contribution in [0.3, 0.4) is 0 Å². The average Bonchev–Trinajstić information content (AvgIpc) is 2.17. The summed E-state index contributed by atoms with van der Waals surface area (Å²) >= 11 is 4.61. The molecule has 0 saturated heterocycles. The van der Waals surface area contributed by atoms with Crippen molar-refractivity contribution in [3.8, 4) is 0 Å². The highest BCUT2D eigenvalue weighted by atomic mass is 79.9. The number of aromatic nitrogens is 1. The Morgan fingerprint density at radius 3 is 3.11 bits per heavy atom. The van der Waals surface area contributed by atoms with E-state index in [1.807, 2.05) is 0 Å². The minimum Gasteiger partial charge on any atom is -0.411 e. The van der Waals surface area contributed by atoms with Crippen molar-refractivity contribution in [3.05, 3.63) is 15.0 Å². The molecule has 0 fully saturated rings. The maximum atomic E-state index is 8.05. The Bertz CT molecular complexity index is 222. The maximum absolute atomic E-state index is 8.05. The van der Waals surface area contributed by atoms with Crippen LogP contribution in [0.2, 0.25) is 0 Å². The number of nitrogens with zero attached hydrogens (tertiary/aromatic N) is 2. The number of oxime groups is 1. The number of thiazole rings is 1.